The van der Waals surface area contributed by atoms with Crippen LogP contribution in [0.4, 0.5) is 0 Å². The first kappa shape index (κ1) is 15.4. The lowest BCUT2D eigenvalue weighted by atomic mass is 10.4. The van der Waals surface area contributed by atoms with Crippen LogP contribution >= 0.6 is 46.3 Å². The molecular weight excluding hydrogens is 335 g/mol. The summed E-state index contributed by atoms with van der Waals surface area (Å²) in [5.74, 6) is 0. The van der Waals surface area contributed by atoms with Crippen molar-refractivity contribution in [1.29, 1.82) is 0 Å². The van der Waals surface area contributed by atoms with Gasteiger partial charge < -0.3 is 4.43 Å². The molecule has 2 aromatic rings. The molecule has 0 saturated carbocycles. The normalized spacial score (nSPS) is 11.2. The average molecular weight is 349 g/mol. The molecule has 1 aromatic carbocycles. The molecule has 0 aliphatic carbocycles. The minimum absolute atomic E-state index is 0.671. The van der Waals surface area contributed by atoms with Crippen LogP contribution in [0.15, 0.2) is 40.1 Å². The molecule has 1 nitrogen and oxygen atoms in total. The van der Waals surface area contributed by atoms with Gasteiger partial charge in [-0.1, -0.05) is 41.0 Å². The van der Waals surface area contributed by atoms with Gasteiger partial charge >= 0.3 is 0 Å². The third kappa shape index (κ3) is 4.81. The average Bonchev–Trinajstić information content (AvgIpc) is 2.68. The van der Waals surface area contributed by atoms with Crippen molar-refractivity contribution >= 4 is 55.3 Å². The first-order chi connectivity index (χ1) is 9.04. The fraction of sp³-hybridized carbons (Fsp3) is 0.231. The topological polar surface area (TPSA) is 9.23 Å². The van der Waals surface area contributed by atoms with E-state index in [1.165, 1.54) is 4.88 Å². The molecule has 0 bridgehead atoms. The van der Waals surface area contributed by atoms with Gasteiger partial charge in [-0.05, 0) is 37.4 Å². The Labute approximate surface area is 133 Å². The van der Waals surface area contributed by atoms with Gasteiger partial charge in [0.05, 0.1) is 6.61 Å². The van der Waals surface area contributed by atoms with Crippen LogP contribution in [0.25, 0.3) is 0 Å². The maximum absolute atomic E-state index is 6.27. The number of hydrogen-bond acceptors (Lipinski definition) is 3. The predicted octanol–water partition coefficient (Wildman–Crippen LogP) is 5.71. The molecule has 0 radical (unpaired) electrons. The van der Waals surface area contributed by atoms with Crippen LogP contribution in [0.2, 0.25) is 22.5 Å². The van der Waals surface area contributed by atoms with Gasteiger partial charge in [-0.3, -0.25) is 0 Å². The van der Waals surface area contributed by atoms with Gasteiger partial charge in [0.25, 0.3) is 0 Å². The van der Waals surface area contributed by atoms with Crippen molar-refractivity contribution in [3.8, 4) is 0 Å². The molecule has 6 heteroatoms. The Morgan fingerprint density at radius 2 is 2.05 bits per heavy atom. The molecule has 19 heavy (non-hydrogen) atoms. The van der Waals surface area contributed by atoms with Crippen molar-refractivity contribution in [3.63, 3.8) is 0 Å². The Balaban J connectivity index is 2.08. The summed E-state index contributed by atoms with van der Waals surface area (Å²) in [5.41, 5.74) is 0. The number of hydrogen-bond donors (Lipinski definition) is 0. The molecule has 2 rings (SSSR count). The summed E-state index contributed by atoms with van der Waals surface area (Å²) in [7, 11) is -0.983. The lowest BCUT2D eigenvalue weighted by Crippen LogP contribution is -2.06. The van der Waals surface area contributed by atoms with E-state index in [0.29, 0.717) is 6.61 Å². The number of rotatable bonds is 5. The fourth-order valence-electron chi connectivity index (χ4n) is 1.44. The highest BCUT2D eigenvalue weighted by molar-refractivity contribution is 7.99. The van der Waals surface area contributed by atoms with E-state index in [1.54, 1.807) is 23.1 Å². The first-order valence-corrected chi connectivity index (χ1v) is 11.0. The van der Waals surface area contributed by atoms with Crippen molar-refractivity contribution in [1.82, 2.24) is 0 Å². The van der Waals surface area contributed by atoms with E-state index in [4.69, 9.17) is 27.6 Å². The molecule has 0 fully saturated rings. The van der Waals surface area contributed by atoms with Crippen molar-refractivity contribution in [3.05, 3.63) is 44.6 Å². The van der Waals surface area contributed by atoms with Crippen LogP contribution in [-0.2, 0) is 11.0 Å². The van der Waals surface area contributed by atoms with Crippen LogP contribution in [0, 0.1) is 0 Å². The summed E-state index contributed by atoms with van der Waals surface area (Å²) < 4.78 is 6.54. The zero-order valence-corrected chi connectivity index (χ0v) is 15.0. The van der Waals surface area contributed by atoms with Gasteiger partial charge in [0.15, 0.2) is 9.04 Å². The maximum Gasteiger partial charge on any atom is 0.171 e. The Bertz CT molecular complexity index is 557. The molecule has 0 unspecified atom stereocenters. The predicted molar refractivity (Wildman–Crippen MR) is 88.6 cm³/mol. The molecule has 0 amide bonds. The third-order valence-electron chi connectivity index (χ3n) is 2.29. The number of thiophene rings is 1. The Hall–Kier alpha value is 0.0269. The standard InChI is InChI=1S/C13H14Cl2OS2Si/c1-19(2)16-8-11-7-12(13(15)18-11)17-10-5-3-4-9(14)6-10/h3-7,19H,8H2,1-2H3. The zero-order valence-electron chi connectivity index (χ0n) is 10.7. The molecule has 1 heterocycles. The molecule has 102 valence electrons. The first-order valence-electron chi connectivity index (χ1n) is 5.88. The molecule has 0 atom stereocenters. The van der Waals surface area contributed by atoms with Crippen molar-refractivity contribution in [2.24, 2.45) is 0 Å². The second-order valence-corrected chi connectivity index (χ2v) is 9.99. The molecule has 0 saturated heterocycles. The van der Waals surface area contributed by atoms with Gasteiger partial charge in [0, 0.05) is 19.7 Å². The van der Waals surface area contributed by atoms with E-state index in [1.807, 2.05) is 24.3 Å². The number of benzene rings is 1. The molecule has 0 spiro atoms. The van der Waals surface area contributed by atoms with Crippen LogP contribution in [0.3, 0.4) is 0 Å². The summed E-state index contributed by atoms with van der Waals surface area (Å²) in [6.07, 6.45) is 0. The molecule has 1 aromatic heterocycles. The summed E-state index contributed by atoms with van der Waals surface area (Å²) in [6.45, 7) is 5.00. The highest BCUT2D eigenvalue weighted by Gasteiger charge is 2.10. The summed E-state index contributed by atoms with van der Waals surface area (Å²) >= 11 is 15.5. The smallest absolute Gasteiger partial charge is 0.171 e. The molecule has 0 aliphatic heterocycles. The van der Waals surface area contributed by atoms with Gasteiger partial charge in [-0.15, -0.1) is 11.3 Å². The molecule has 0 aliphatic rings. The van der Waals surface area contributed by atoms with Crippen molar-refractivity contribution in [2.75, 3.05) is 0 Å². The van der Waals surface area contributed by atoms with E-state index in [9.17, 15) is 0 Å². The minimum atomic E-state index is -0.983. The lowest BCUT2D eigenvalue weighted by molar-refractivity contribution is 0.318. The Morgan fingerprint density at radius 3 is 2.74 bits per heavy atom. The zero-order chi connectivity index (χ0) is 13.8. The van der Waals surface area contributed by atoms with Gasteiger partial charge in [0.1, 0.15) is 4.34 Å². The van der Waals surface area contributed by atoms with E-state index >= 15 is 0 Å². The van der Waals surface area contributed by atoms with E-state index in [2.05, 4.69) is 19.2 Å². The van der Waals surface area contributed by atoms with Crippen LogP contribution in [-0.4, -0.2) is 9.04 Å². The fourth-order valence-corrected chi connectivity index (χ4v) is 4.69. The van der Waals surface area contributed by atoms with E-state index < -0.39 is 9.04 Å². The molecular formula is C13H14Cl2OS2Si. The highest BCUT2D eigenvalue weighted by atomic mass is 35.5. The summed E-state index contributed by atoms with van der Waals surface area (Å²) in [5, 5.41) is 0.741. The highest BCUT2D eigenvalue weighted by Crippen LogP contribution is 2.39. The van der Waals surface area contributed by atoms with Crippen LogP contribution < -0.4 is 0 Å². The van der Waals surface area contributed by atoms with Crippen molar-refractivity contribution < 1.29 is 4.43 Å². The van der Waals surface area contributed by atoms with Crippen LogP contribution in [0.1, 0.15) is 4.88 Å². The second-order valence-electron chi connectivity index (χ2n) is 4.27. The lowest BCUT2D eigenvalue weighted by Gasteiger charge is -2.03. The van der Waals surface area contributed by atoms with E-state index in [-0.39, 0.29) is 0 Å². The minimum Gasteiger partial charge on any atom is -0.415 e. The Kier molecular flexibility index (Phi) is 5.81. The monoisotopic (exact) mass is 348 g/mol. The van der Waals surface area contributed by atoms with Gasteiger partial charge in [-0.2, -0.15) is 0 Å². The van der Waals surface area contributed by atoms with E-state index in [0.717, 1.165) is 19.1 Å². The Morgan fingerprint density at radius 1 is 1.26 bits per heavy atom. The van der Waals surface area contributed by atoms with Crippen LogP contribution in [0.5, 0.6) is 0 Å². The second kappa shape index (κ2) is 7.15. The SMILES string of the molecule is C[SiH](C)OCc1cc(Sc2cccc(Cl)c2)c(Cl)s1. The maximum atomic E-state index is 6.27. The largest absolute Gasteiger partial charge is 0.415 e. The van der Waals surface area contributed by atoms with Gasteiger partial charge in [0.2, 0.25) is 0 Å². The van der Waals surface area contributed by atoms with Gasteiger partial charge in [-0.25, -0.2) is 0 Å². The summed E-state index contributed by atoms with van der Waals surface area (Å²) in [6, 6.07) is 9.89. The number of halogens is 2. The quantitative estimate of drug-likeness (QED) is 0.640. The summed E-state index contributed by atoms with van der Waals surface area (Å²) in [4.78, 5) is 3.34. The van der Waals surface area contributed by atoms with Crippen molar-refractivity contribution in [2.45, 2.75) is 29.5 Å². The molecule has 0 N–H and O–H groups in total. The third-order valence-corrected chi connectivity index (χ3v) is 5.96.